The second-order valence-electron chi connectivity index (χ2n) is 7.38. The predicted octanol–water partition coefficient (Wildman–Crippen LogP) is 2.79. The van der Waals surface area contributed by atoms with E-state index in [-0.39, 0.29) is 11.9 Å². The van der Waals surface area contributed by atoms with Gasteiger partial charge in [-0.2, -0.15) is 0 Å². The summed E-state index contributed by atoms with van der Waals surface area (Å²) >= 11 is 0. The van der Waals surface area contributed by atoms with Crippen molar-refractivity contribution in [3.05, 3.63) is 35.4 Å². The molecule has 1 aromatic rings. The Bertz CT molecular complexity index is 602. The van der Waals surface area contributed by atoms with Crippen LogP contribution in [0.3, 0.4) is 0 Å². The van der Waals surface area contributed by atoms with Crippen molar-refractivity contribution in [2.45, 2.75) is 51.6 Å². The molecule has 1 saturated carbocycles. The average Bonchev–Trinajstić information content (AvgIpc) is 3.46. The van der Waals surface area contributed by atoms with E-state index < -0.39 is 0 Å². The molecule has 1 saturated heterocycles. The van der Waals surface area contributed by atoms with Gasteiger partial charge in [-0.05, 0) is 49.1 Å². The highest BCUT2D eigenvalue weighted by Crippen LogP contribution is 2.28. The third-order valence-corrected chi connectivity index (χ3v) is 5.42. The van der Waals surface area contributed by atoms with E-state index in [0.29, 0.717) is 18.5 Å². The lowest BCUT2D eigenvalue weighted by molar-refractivity contribution is -0.130. The van der Waals surface area contributed by atoms with Crippen LogP contribution in [-0.4, -0.2) is 47.9 Å². The largest absolute Gasteiger partial charge is 0.343 e. The summed E-state index contributed by atoms with van der Waals surface area (Å²) in [7, 11) is 1.69. The van der Waals surface area contributed by atoms with Crippen LogP contribution in [0.2, 0.25) is 0 Å². The van der Waals surface area contributed by atoms with Crippen LogP contribution in [0.25, 0.3) is 0 Å². The number of nitrogens with zero attached hydrogens (tertiary/aromatic N) is 2. The minimum atomic E-state index is 0.0174. The summed E-state index contributed by atoms with van der Waals surface area (Å²) in [6.07, 6.45) is 5.49. The van der Waals surface area contributed by atoms with E-state index in [2.05, 4.69) is 29.6 Å². The maximum absolute atomic E-state index is 12.0. The third kappa shape index (κ3) is 4.74. The van der Waals surface area contributed by atoms with Gasteiger partial charge in [-0.1, -0.05) is 24.3 Å². The molecular formula is C20H29N3O2. The molecule has 1 aromatic carbocycles. The Morgan fingerprint density at radius 3 is 2.20 bits per heavy atom. The van der Waals surface area contributed by atoms with Crippen LogP contribution in [0, 0.1) is 5.92 Å². The topological polar surface area (TPSA) is 52.7 Å². The zero-order valence-electron chi connectivity index (χ0n) is 15.3. The molecular weight excluding hydrogens is 314 g/mol. The first kappa shape index (κ1) is 17.8. The van der Waals surface area contributed by atoms with Crippen LogP contribution in [0.15, 0.2) is 24.3 Å². The Balaban J connectivity index is 1.52. The number of likely N-dealkylation sites (tertiary alicyclic amines) is 1. The second kappa shape index (κ2) is 7.89. The molecule has 1 aliphatic carbocycles. The number of amides is 3. The first-order chi connectivity index (χ1) is 12.1. The van der Waals surface area contributed by atoms with E-state index in [1.54, 1.807) is 14.0 Å². The van der Waals surface area contributed by atoms with Crippen LogP contribution >= 0.6 is 0 Å². The smallest absolute Gasteiger partial charge is 0.317 e. The number of piperidine rings is 1. The highest BCUT2D eigenvalue weighted by atomic mass is 16.2. The van der Waals surface area contributed by atoms with Gasteiger partial charge >= 0.3 is 6.03 Å². The van der Waals surface area contributed by atoms with Crippen LogP contribution in [0.5, 0.6) is 0 Å². The lowest BCUT2D eigenvalue weighted by Gasteiger charge is -2.31. The van der Waals surface area contributed by atoms with E-state index in [4.69, 9.17) is 0 Å². The van der Waals surface area contributed by atoms with E-state index >= 15 is 0 Å². The number of carbonyl (C=O) groups is 2. The average molecular weight is 343 g/mol. The molecule has 25 heavy (non-hydrogen) atoms. The molecule has 0 spiro atoms. The molecule has 0 atom stereocenters. The minimum Gasteiger partial charge on any atom is -0.343 e. The van der Waals surface area contributed by atoms with Crippen LogP contribution in [0.1, 0.15) is 43.7 Å². The van der Waals surface area contributed by atoms with Crippen LogP contribution in [-0.2, 0) is 17.8 Å². The summed E-state index contributed by atoms with van der Waals surface area (Å²) < 4.78 is 0. The molecule has 0 bridgehead atoms. The van der Waals surface area contributed by atoms with Crippen LogP contribution in [0.4, 0.5) is 4.79 Å². The fraction of sp³-hybridized carbons (Fsp3) is 0.600. The Morgan fingerprint density at radius 2 is 1.68 bits per heavy atom. The van der Waals surface area contributed by atoms with Crippen molar-refractivity contribution < 1.29 is 9.59 Å². The summed E-state index contributed by atoms with van der Waals surface area (Å²) in [6.45, 7) is 4.12. The van der Waals surface area contributed by atoms with Crippen molar-refractivity contribution in [2.24, 2.45) is 5.92 Å². The minimum absolute atomic E-state index is 0.0174. The van der Waals surface area contributed by atoms with Gasteiger partial charge in [0.05, 0.1) is 0 Å². The predicted molar refractivity (Wildman–Crippen MR) is 98.1 cm³/mol. The van der Waals surface area contributed by atoms with Crippen molar-refractivity contribution in [3.8, 4) is 0 Å². The van der Waals surface area contributed by atoms with Crippen LogP contribution < -0.4 is 5.32 Å². The highest BCUT2D eigenvalue weighted by molar-refractivity contribution is 5.74. The number of nitrogens with one attached hydrogen (secondary N) is 1. The van der Waals surface area contributed by atoms with E-state index in [9.17, 15) is 9.59 Å². The zero-order valence-corrected chi connectivity index (χ0v) is 15.3. The molecule has 136 valence electrons. The van der Waals surface area contributed by atoms with Gasteiger partial charge in [0.1, 0.15) is 0 Å². The normalized spacial score (nSPS) is 18.1. The van der Waals surface area contributed by atoms with E-state index in [1.807, 2.05) is 9.80 Å². The number of hydrogen-bond acceptors (Lipinski definition) is 2. The molecule has 5 nitrogen and oxygen atoms in total. The molecule has 3 rings (SSSR count). The van der Waals surface area contributed by atoms with E-state index in [1.165, 1.54) is 11.1 Å². The van der Waals surface area contributed by atoms with Gasteiger partial charge in [0, 0.05) is 39.6 Å². The lowest BCUT2D eigenvalue weighted by atomic mass is 9.90. The fourth-order valence-corrected chi connectivity index (χ4v) is 3.66. The van der Waals surface area contributed by atoms with Crippen molar-refractivity contribution in [1.29, 1.82) is 0 Å². The van der Waals surface area contributed by atoms with Gasteiger partial charge in [-0.25, -0.2) is 4.79 Å². The lowest BCUT2D eigenvalue weighted by Crippen LogP contribution is -2.39. The van der Waals surface area contributed by atoms with Gasteiger partial charge in [0.15, 0.2) is 0 Å². The van der Waals surface area contributed by atoms with Gasteiger partial charge < -0.3 is 15.1 Å². The maximum atomic E-state index is 12.0. The van der Waals surface area contributed by atoms with Crippen molar-refractivity contribution in [1.82, 2.24) is 15.1 Å². The van der Waals surface area contributed by atoms with Crippen molar-refractivity contribution >= 4 is 11.9 Å². The molecule has 5 heteroatoms. The molecule has 1 N–H and O–H groups in total. The number of rotatable bonds is 5. The number of benzene rings is 1. The number of hydrogen-bond donors (Lipinski definition) is 1. The van der Waals surface area contributed by atoms with Gasteiger partial charge in [0.25, 0.3) is 0 Å². The molecule has 0 aromatic heterocycles. The first-order valence-electron chi connectivity index (χ1n) is 9.38. The molecule has 0 radical (unpaired) electrons. The summed E-state index contributed by atoms with van der Waals surface area (Å²) in [5.74, 6) is 0.856. The zero-order chi connectivity index (χ0) is 17.8. The summed E-state index contributed by atoms with van der Waals surface area (Å²) in [6, 6.07) is 9.12. The molecule has 2 fully saturated rings. The quantitative estimate of drug-likeness (QED) is 0.894. The van der Waals surface area contributed by atoms with E-state index in [0.717, 1.165) is 45.2 Å². The summed E-state index contributed by atoms with van der Waals surface area (Å²) in [5, 5.41) is 2.74. The molecule has 2 aliphatic rings. The molecule has 3 amide bonds. The SMILES string of the molecule is CNC(=O)N(Cc1ccc(CC2CCN(C(C)=O)CC2)cc1)C1CC1. The molecule has 1 heterocycles. The number of urea groups is 1. The Labute approximate surface area is 150 Å². The van der Waals surface area contributed by atoms with Crippen molar-refractivity contribution in [2.75, 3.05) is 20.1 Å². The maximum Gasteiger partial charge on any atom is 0.317 e. The third-order valence-electron chi connectivity index (χ3n) is 5.42. The monoisotopic (exact) mass is 343 g/mol. The number of carbonyl (C=O) groups excluding carboxylic acids is 2. The Morgan fingerprint density at radius 1 is 1.08 bits per heavy atom. The Kier molecular flexibility index (Phi) is 5.61. The highest BCUT2D eigenvalue weighted by Gasteiger charge is 2.32. The van der Waals surface area contributed by atoms with Gasteiger partial charge in [0.2, 0.25) is 5.91 Å². The fourth-order valence-electron chi connectivity index (χ4n) is 3.66. The van der Waals surface area contributed by atoms with Gasteiger partial charge in [-0.3, -0.25) is 4.79 Å². The summed E-state index contributed by atoms with van der Waals surface area (Å²) in [4.78, 5) is 27.3. The molecule has 1 aliphatic heterocycles. The summed E-state index contributed by atoms with van der Waals surface area (Å²) in [5.41, 5.74) is 2.54. The van der Waals surface area contributed by atoms with Gasteiger partial charge in [-0.15, -0.1) is 0 Å². The van der Waals surface area contributed by atoms with Crippen molar-refractivity contribution in [3.63, 3.8) is 0 Å². The molecule has 0 unspecified atom stereocenters. The standard InChI is InChI=1S/C20H29N3O2/c1-15(24)22-11-9-17(10-12-22)13-16-3-5-18(6-4-16)14-23(19-7-8-19)20(25)21-2/h3-6,17,19H,7-14H2,1-2H3,(H,21,25). The Hall–Kier alpha value is -2.04. The second-order valence-corrected chi connectivity index (χ2v) is 7.38. The first-order valence-corrected chi connectivity index (χ1v) is 9.38.